The highest BCUT2D eigenvalue weighted by Crippen LogP contribution is 2.32. The summed E-state index contributed by atoms with van der Waals surface area (Å²) in [6, 6.07) is 9.55. The van der Waals surface area contributed by atoms with Crippen molar-refractivity contribution < 1.29 is 14.3 Å². The predicted octanol–water partition coefficient (Wildman–Crippen LogP) is 2.21. The van der Waals surface area contributed by atoms with Crippen molar-refractivity contribution in [1.82, 2.24) is 9.88 Å². The van der Waals surface area contributed by atoms with Crippen LogP contribution in [0, 0.1) is 0 Å². The molecule has 2 aromatic rings. The number of aromatic nitrogens is 1. The van der Waals surface area contributed by atoms with Crippen molar-refractivity contribution in [3.63, 3.8) is 0 Å². The smallest absolute Gasteiger partial charge is 0.254 e. The lowest BCUT2D eigenvalue weighted by molar-refractivity contribution is -0.181. The molecule has 1 spiro atoms. The standard InChI is InChI=1S/C17H18N2O3/c20-16(14-5-8-18-15-4-2-1-3-13(14)15)19-9-6-17(7-10-19)21-11-12-22-17/h1-5,8H,6-7,9-12H2. The molecule has 0 N–H and O–H groups in total. The summed E-state index contributed by atoms with van der Waals surface area (Å²) in [4.78, 5) is 19.0. The first-order valence-electron chi connectivity index (χ1n) is 7.68. The van der Waals surface area contributed by atoms with E-state index in [4.69, 9.17) is 9.47 Å². The van der Waals surface area contributed by atoms with E-state index < -0.39 is 5.79 Å². The third-order valence-electron chi connectivity index (χ3n) is 4.51. The Bertz CT molecular complexity index is 695. The van der Waals surface area contributed by atoms with Crippen LogP contribution < -0.4 is 0 Å². The number of ether oxygens (including phenoxy) is 2. The van der Waals surface area contributed by atoms with Crippen molar-refractivity contribution in [2.75, 3.05) is 26.3 Å². The first-order chi connectivity index (χ1) is 10.8. The van der Waals surface area contributed by atoms with Crippen LogP contribution in [0.15, 0.2) is 36.5 Å². The van der Waals surface area contributed by atoms with Crippen molar-refractivity contribution in [3.05, 3.63) is 42.1 Å². The molecule has 5 heteroatoms. The van der Waals surface area contributed by atoms with E-state index in [0.717, 1.165) is 29.3 Å². The normalized spacial score (nSPS) is 20.6. The number of benzene rings is 1. The predicted molar refractivity (Wildman–Crippen MR) is 81.5 cm³/mol. The monoisotopic (exact) mass is 298 g/mol. The molecule has 22 heavy (non-hydrogen) atoms. The molecule has 4 rings (SSSR count). The Morgan fingerprint density at radius 3 is 2.59 bits per heavy atom. The van der Waals surface area contributed by atoms with Gasteiger partial charge in [-0.2, -0.15) is 0 Å². The van der Waals surface area contributed by atoms with E-state index in [1.165, 1.54) is 0 Å². The van der Waals surface area contributed by atoms with Gasteiger partial charge in [-0.25, -0.2) is 0 Å². The zero-order chi connectivity index (χ0) is 15.0. The number of carbonyl (C=O) groups is 1. The second kappa shape index (κ2) is 5.34. The lowest BCUT2D eigenvalue weighted by atomic mass is 10.0. The molecule has 0 aliphatic carbocycles. The Balaban J connectivity index is 1.57. The van der Waals surface area contributed by atoms with Gasteiger partial charge in [0.2, 0.25) is 0 Å². The summed E-state index contributed by atoms with van der Waals surface area (Å²) in [5.74, 6) is -0.386. The van der Waals surface area contributed by atoms with Crippen LogP contribution in [0.2, 0.25) is 0 Å². The molecule has 5 nitrogen and oxygen atoms in total. The molecule has 0 bridgehead atoms. The van der Waals surface area contributed by atoms with Crippen molar-refractivity contribution in [2.24, 2.45) is 0 Å². The molecule has 0 saturated carbocycles. The van der Waals surface area contributed by atoms with Gasteiger partial charge in [0.1, 0.15) is 0 Å². The second-order valence-corrected chi connectivity index (χ2v) is 5.78. The number of hydrogen-bond acceptors (Lipinski definition) is 4. The van der Waals surface area contributed by atoms with Crippen molar-refractivity contribution in [1.29, 1.82) is 0 Å². The lowest BCUT2D eigenvalue weighted by Gasteiger charge is -2.37. The van der Waals surface area contributed by atoms with Gasteiger partial charge in [0.15, 0.2) is 5.79 Å². The summed E-state index contributed by atoms with van der Waals surface area (Å²) in [6.07, 6.45) is 3.17. The minimum Gasteiger partial charge on any atom is -0.347 e. The largest absolute Gasteiger partial charge is 0.347 e. The number of carbonyl (C=O) groups excluding carboxylic acids is 1. The molecule has 2 aliphatic heterocycles. The number of amides is 1. The van der Waals surface area contributed by atoms with E-state index in [0.29, 0.717) is 26.3 Å². The van der Waals surface area contributed by atoms with Gasteiger partial charge in [-0.3, -0.25) is 9.78 Å². The summed E-state index contributed by atoms with van der Waals surface area (Å²) in [5, 5.41) is 0.906. The molecule has 2 aliphatic rings. The van der Waals surface area contributed by atoms with Crippen LogP contribution in [0.3, 0.4) is 0 Å². The van der Waals surface area contributed by atoms with E-state index in [1.54, 1.807) is 12.3 Å². The molecular weight excluding hydrogens is 280 g/mol. The first-order valence-corrected chi connectivity index (χ1v) is 7.68. The van der Waals surface area contributed by atoms with Crippen LogP contribution in [-0.4, -0.2) is 47.9 Å². The second-order valence-electron chi connectivity index (χ2n) is 5.78. The molecule has 114 valence electrons. The van der Waals surface area contributed by atoms with Gasteiger partial charge in [-0.15, -0.1) is 0 Å². The van der Waals surface area contributed by atoms with Gasteiger partial charge in [0.25, 0.3) is 5.91 Å². The molecular formula is C17H18N2O3. The minimum absolute atomic E-state index is 0.0615. The van der Waals surface area contributed by atoms with E-state index in [2.05, 4.69) is 4.98 Å². The van der Waals surface area contributed by atoms with Crippen LogP contribution in [0.1, 0.15) is 23.2 Å². The summed E-state index contributed by atoms with van der Waals surface area (Å²) in [5.41, 5.74) is 1.57. The van der Waals surface area contributed by atoms with E-state index in [1.807, 2.05) is 29.2 Å². The van der Waals surface area contributed by atoms with Crippen LogP contribution in [-0.2, 0) is 9.47 Å². The van der Waals surface area contributed by atoms with Gasteiger partial charge in [0, 0.05) is 37.5 Å². The van der Waals surface area contributed by atoms with Gasteiger partial charge < -0.3 is 14.4 Å². The van der Waals surface area contributed by atoms with Gasteiger partial charge >= 0.3 is 0 Å². The SMILES string of the molecule is O=C(c1ccnc2ccccc12)N1CCC2(CC1)OCCO2. The van der Waals surface area contributed by atoms with Crippen LogP contribution in [0.4, 0.5) is 0 Å². The van der Waals surface area contributed by atoms with E-state index in [9.17, 15) is 4.79 Å². The molecule has 2 fully saturated rings. The number of para-hydroxylation sites is 1. The van der Waals surface area contributed by atoms with Gasteiger partial charge in [0.05, 0.1) is 24.3 Å². The lowest BCUT2D eigenvalue weighted by Crippen LogP contribution is -2.47. The van der Waals surface area contributed by atoms with Crippen LogP contribution >= 0.6 is 0 Å². The van der Waals surface area contributed by atoms with Crippen LogP contribution in [0.5, 0.6) is 0 Å². The van der Waals surface area contributed by atoms with Crippen LogP contribution in [0.25, 0.3) is 10.9 Å². The summed E-state index contributed by atoms with van der Waals surface area (Å²) in [7, 11) is 0. The number of rotatable bonds is 1. The maximum Gasteiger partial charge on any atom is 0.254 e. The molecule has 1 aromatic heterocycles. The Labute approximate surface area is 128 Å². The minimum atomic E-state index is -0.447. The summed E-state index contributed by atoms with van der Waals surface area (Å²) in [6.45, 7) is 2.64. The topological polar surface area (TPSA) is 51.7 Å². The summed E-state index contributed by atoms with van der Waals surface area (Å²) < 4.78 is 11.4. The number of hydrogen-bond donors (Lipinski definition) is 0. The number of piperidine rings is 1. The molecule has 0 atom stereocenters. The number of fused-ring (bicyclic) bond motifs is 1. The Hall–Kier alpha value is -1.98. The van der Waals surface area contributed by atoms with E-state index >= 15 is 0 Å². The van der Waals surface area contributed by atoms with Gasteiger partial charge in [-0.1, -0.05) is 18.2 Å². The molecule has 0 unspecified atom stereocenters. The highest BCUT2D eigenvalue weighted by molar-refractivity contribution is 6.05. The maximum atomic E-state index is 12.8. The third-order valence-corrected chi connectivity index (χ3v) is 4.51. The van der Waals surface area contributed by atoms with Gasteiger partial charge in [-0.05, 0) is 12.1 Å². The zero-order valence-electron chi connectivity index (χ0n) is 12.3. The number of nitrogens with zero attached hydrogens (tertiary/aromatic N) is 2. The first kappa shape index (κ1) is 13.7. The fourth-order valence-corrected chi connectivity index (χ4v) is 3.29. The highest BCUT2D eigenvalue weighted by Gasteiger charge is 2.40. The molecule has 2 saturated heterocycles. The van der Waals surface area contributed by atoms with Crippen molar-refractivity contribution in [3.8, 4) is 0 Å². The quantitative estimate of drug-likeness (QED) is 0.810. The average Bonchev–Trinajstić information content (AvgIpc) is 3.02. The summed E-state index contributed by atoms with van der Waals surface area (Å²) >= 11 is 0. The fraction of sp³-hybridized carbons (Fsp3) is 0.412. The molecule has 1 aromatic carbocycles. The zero-order valence-corrected chi connectivity index (χ0v) is 12.3. The Morgan fingerprint density at radius 2 is 1.82 bits per heavy atom. The fourth-order valence-electron chi connectivity index (χ4n) is 3.29. The maximum absolute atomic E-state index is 12.8. The Morgan fingerprint density at radius 1 is 1.09 bits per heavy atom. The number of pyridine rings is 1. The van der Waals surface area contributed by atoms with E-state index in [-0.39, 0.29) is 5.91 Å². The van der Waals surface area contributed by atoms with Crippen molar-refractivity contribution in [2.45, 2.75) is 18.6 Å². The number of likely N-dealkylation sites (tertiary alicyclic amines) is 1. The molecule has 1 amide bonds. The molecule has 0 radical (unpaired) electrons. The van der Waals surface area contributed by atoms with Crippen molar-refractivity contribution >= 4 is 16.8 Å². The third kappa shape index (κ3) is 2.26. The Kier molecular flexibility index (Phi) is 3.32. The highest BCUT2D eigenvalue weighted by atomic mass is 16.7. The average molecular weight is 298 g/mol. The molecule has 3 heterocycles.